The van der Waals surface area contributed by atoms with Crippen LogP contribution in [0.2, 0.25) is 0 Å². The average molecular weight is 420 g/mol. The Bertz CT molecular complexity index is 910. The summed E-state index contributed by atoms with van der Waals surface area (Å²) in [5, 5.41) is 6.37. The number of hydrogen-bond donors (Lipinski definition) is 2. The molecule has 1 amide bonds. The maximum atomic E-state index is 12.4. The highest BCUT2D eigenvalue weighted by Gasteiger charge is 2.25. The highest BCUT2D eigenvalue weighted by atomic mass is 35.5. The molecule has 0 saturated carbocycles. The van der Waals surface area contributed by atoms with Gasteiger partial charge in [0, 0.05) is 31.9 Å². The van der Waals surface area contributed by atoms with Gasteiger partial charge in [0.2, 0.25) is 5.91 Å². The van der Waals surface area contributed by atoms with Crippen molar-refractivity contribution in [1.29, 1.82) is 0 Å². The molecule has 2 aliphatic rings. The Morgan fingerprint density at radius 1 is 1.31 bits per heavy atom. The van der Waals surface area contributed by atoms with E-state index in [2.05, 4.69) is 20.5 Å². The number of nitrogens with one attached hydrogen (secondary N) is 2. The lowest BCUT2D eigenvalue weighted by molar-refractivity contribution is -0.123. The van der Waals surface area contributed by atoms with E-state index in [0.29, 0.717) is 18.1 Å². The molecule has 0 aliphatic carbocycles. The minimum Gasteiger partial charge on any atom is -0.354 e. The van der Waals surface area contributed by atoms with Crippen molar-refractivity contribution in [2.45, 2.75) is 45.2 Å². The molecule has 2 aliphatic heterocycles. The van der Waals surface area contributed by atoms with E-state index in [1.54, 1.807) is 10.5 Å². The van der Waals surface area contributed by atoms with Gasteiger partial charge >= 0.3 is 0 Å². The summed E-state index contributed by atoms with van der Waals surface area (Å²) in [7, 11) is 0. The Kier molecular flexibility index (Phi) is 7.27. The number of piperidine rings is 1. The highest BCUT2D eigenvalue weighted by molar-refractivity contribution is 5.85. The monoisotopic (exact) mass is 419 g/mol. The van der Waals surface area contributed by atoms with Crippen LogP contribution >= 0.6 is 12.4 Å². The fourth-order valence-corrected chi connectivity index (χ4v) is 4.31. The first kappa shape index (κ1) is 21.7. The molecule has 2 saturated heterocycles. The van der Waals surface area contributed by atoms with Crippen molar-refractivity contribution in [3.05, 3.63) is 46.0 Å². The lowest BCUT2D eigenvalue weighted by Crippen LogP contribution is -2.45. The number of likely N-dealkylation sites (tertiary alicyclic amines) is 1. The minimum absolute atomic E-state index is 0. The topological polar surface area (TPSA) is 78.7 Å². The first-order valence-corrected chi connectivity index (χ1v) is 10.3. The fraction of sp³-hybridized carbons (Fsp3) is 0.571. The summed E-state index contributed by atoms with van der Waals surface area (Å²) >= 11 is 0. The van der Waals surface area contributed by atoms with Gasteiger partial charge in [-0.15, -0.1) is 12.4 Å². The predicted octanol–water partition coefficient (Wildman–Crippen LogP) is 1.50. The summed E-state index contributed by atoms with van der Waals surface area (Å²) in [4.78, 5) is 31.6. The third-order valence-electron chi connectivity index (χ3n) is 5.79. The Hall–Kier alpha value is -1.96. The predicted molar refractivity (Wildman–Crippen MR) is 115 cm³/mol. The van der Waals surface area contributed by atoms with Crippen LogP contribution in [-0.4, -0.2) is 52.4 Å². The lowest BCUT2D eigenvalue weighted by atomic mass is 9.97. The number of amides is 1. The van der Waals surface area contributed by atoms with E-state index < -0.39 is 0 Å². The molecule has 0 radical (unpaired) electrons. The number of aryl methyl sites for hydroxylation is 1. The van der Waals surface area contributed by atoms with E-state index in [1.807, 2.05) is 25.3 Å². The SMILES string of the molecule is Cc1ccc2nc(CN3CCCC(CNC(=O)C4CCCN4)C3)cc(=O)n2c1.Cl. The second-order valence-electron chi connectivity index (χ2n) is 8.16. The number of carbonyl (C=O) groups excluding carboxylic acids is 1. The molecule has 0 spiro atoms. The number of fused-ring (bicyclic) bond motifs is 1. The van der Waals surface area contributed by atoms with Crippen LogP contribution in [0.5, 0.6) is 0 Å². The summed E-state index contributed by atoms with van der Waals surface area (Å²) < 4.78 is 1.60. The molecule has 2 N–H and O–H groups in total. The van der Waals surface area contributed by atoms with Crippen LogP contribution < -0.4 is 16.2 Å². The van der Waals surface area contributed by atoms with Gasteiger partial charge in [0.15, 0.2) is 0 Å². The van der Waals surface area contributed by atoms with Gasteiger partial charge in [0.1, 0.15) is 5.65 Å². The summed E-state index contributed by atoms with van der Waals surface area (Å²) in [6, 6.07) is 5.50. The van der Waals surface area contributed by atoms with Crippen molar-refractivity contribution in [1.82, 2.24) is 24.9 Å². The van der Waals surface area contributed by atoms with Crippen molar-refractivity contribution in [3.63, 3.8) is 0 Å². The summed E-state index contributed by atoms with van der Waals surface area (Å²) in [6.07, 6.45) is 6.07. The van der Waals surface area contributed by atoms with Crippen LogP contribution in [0.25, 0.3) is 5.65 Å². The highest BCUT2D eigenvalue weighted by Crippen LogP contribution is 2.18. The van der Waals surface area contributed by atoms with Gasteiger partial charge in [-0.3, -0.25) is 18.9 Å². The molecule has 2 fully saturated rings. The molecule has 7 nitrogen and oxygen atoms in total. The molecule has 158 valence electrons. The van der Waals surface area contributed by atoms with Crippen molar-refractivity contribution < 1.29 is 4.79 Å². The van der Waals surface area contributed by atoms with E-state index in [-0.39, 0.29) is 29.9 Å². The number of halogens is 1. The van der Waals surface area contributed by atoms with E-state index in [4.69, 9.17) is 0 Å². The third-order valence-corrected chi connectivity index (χ3v) is 5.79. The summed E-state index contributed by atoms with van der Waals surface area (Å²) in [5.74, 6) is 0.581. The maximum Gasteiger partial charge on any atom is 0.258 e. The number of rotatable bonds is 5. The minimum atomic E-state index is -0.0337. The smallest absolute Gasteiger partial charge is 0.258 e. The molecule has 4 rings (SSSR count). The van der Waals surface area contributed by atoms with Crippen LogP contribution in [-0.2, 0) is 11.3 Å². The fourth-order valence-electron chi connectivity index (χ4n) is 4.31. The van der Waals surface area contributed by atoms with Crippen molar-refractivity contribution in [2.75, 3.05) is 26.2 Å². The Morgan fingerprint density at radius 2 is 2.17 bits per heavy atom. The zero-order valence-corrected chi connectivity index (χ0v) is 17.7. The Morgan fingerprint density at radius 3 is 2.97 bits per heavy atom. The quantitative estimate of drug-likeness (QED) is 0.768. The maximum absolute atomic E-state index is 12.4. The number of pyridine rings is 1. The standard InChI is InChI=1S/C21H29N5O2.ClH/c1-15-6-7-19-24-17(10-20(27)26(19)12-15)14-25-9-3-4-16(13-25)11-23-21(28)18-5-2-8-22-18;/h6-7,10,12,16,18,22H,2-5,8-9,11,13-14H2,1H3,(H,23,28);1H. The second-order valence-corrected chi connectivity index (χ2v) is 8.16. The van der Waals surface area contributed by atoms with E-state index in [1.165, 1.54) is 0 Å². The van der Waals surface area contributed by atoms with Crippen molar-refractivity contribution >= 4 is 24.0 Å². The Labute approximate surface area is 177 Å². The third kappa shape index (κ3) is 5.35. The van der Waals surface area contributed by atoms with Gasteiger partial charge in [0.25, 0.3) is 5.56 Å². The van der Waals surface area contributed by atoms with Crippen LogP contribution in [0, 0.1) is 12.8 Å². The van der Waals surface area contributed by atoms with Gasteiger partial charge in [-0.1, -0.05) is 6.07 Å². The largest absolute Gasteiger partial charge is 0.354 e. The number of nitrogens with zero attached hydrogens (tertiary/aromatic N) is 3. The number of hydrogen-bond acceptors (Lipinski definition) is 5. The molecule has 2 aromatic rings. The van der Waals surface area contributed by atoms with Gasteiger partial charge < -0.3 is 10.6 Å². The lowest BCUT2D eigenvalue weighted by Gasteiger charge is -2.32. The molecule has 2 unspecified atom stereocenters. The van der Waals surface area contributed by atoms with Crippen LogP contribution in [0.3, 0.4) is 0 Å². The van der Waals surface area contributed by atoms with Gasteiger partial charge in [0.05, 0.1) is 11.7 Å². The zero-order chi connectivity index (χ0) is 19.5. The second kappa shape index (κ2) is 9.69. The summed E-state index contributed by atoms with van der Waals surface area (Å²) in [6.45, 7) is 6.23. The first-order chi connectivity index (χ1) is 13.6. The molecule has 29 heavy (non-hydrogen) atoms. The molecular weight excluding hydrogens is 390 g/mol. The molecular formula is C21H30ClN5O2. The van der Waals surface area contributed by atoms with Crippen LogP contribution in [0.1, 0.15) is 36.9 Å². The average Bonchev–Trinajstić information content (AvgIpc) is 3.22. The first-order valence-electron chi connectivity index (χ1n) is 10.3. The van der Waals surface area contributed by atoms with Crippen molar-refractivity contribution in [3.8, 4) is 0 Å². The zero-order valence-electron chi connectivity index (χ0n) is 16.9. The van der Waals surface area contributed by atoms with Crippen LogP contribution in [0.15, 0.2) is 29.2 Å². The molecule has 4 heterocycles. The van der Waals surface area contributed by atoms with Crippen LogP contribution in [0.4, 0.5) is 0 Å². The van der Waals surface area contributed by atoms with Gasteiger partial charge in [-0.25, -0.2) is 4.98 Å². The molecule has 2 atom stereocenters. The van der Waals surface area contributed by atoms with Gasteiger partial charge in [-0.2, -0.15) is 0 Å². The van der Waals surface area contributed by atoms with E-state index >= 15 is 0 Å². The molecule has 0 aromatic carbocycles. The number of carbonyl (C=O) groups is 1. The molecule has 8 heteroatoms. The van der Waals surface area contributed by atoms with E-state index in [9.17, 15) is 9.59 Å². The summed E-state index contributed by atoms with van der Waals surface area (Å²) in [5.41, 5.74) is 2.51. The molecule has 0 bridgehead atoms. The molecule has 2 aromatic heterocycles. The normalized spacial score (nSPS) is 22.4. The van der Waals surface area contributed by atoms with Gasteiger partial charge in [-0.05, 0) is 63.2 Å². The van der Waals surface area contributed by atoms with E-state index in [0.717, 1.165) is 63.1 Å². The Balaban J connectivity index is 0.00000240. The van der Waals surface area contributed by atoms with Crippen molar-refractivity contribution in [2.24, 2.45) is 5.92 Å². The number of aromatic nitrogens is 2.